The van der Waals surface area contributed by atoms with Gasteiger partial charge in [0.15, 0.2) is 0 Å². The first-order valence-electron chi connectivity index (χ1n) is 7.19. The molecule has 98 valence electrons. The number of hydrogen-bond acceptors (Lipinski definition) is 1. The monoisotopic (exact) mass is 243 g/mol. The number of hydrogen-bond donors (Lipinski definition) is 1. The van der Waals surface area contributed by atoms with E-state index in [1.807, 2.05) is 0 Å². The van der Waals surface area contributed by atoms with Crippen LogP contribution in [0.2, 0.25) is 0 Å². The Hall–Kier alpha value is -1.08. The smallest absolute Gasteiger partial charge is 0.0208 e. The summed E-state index contributed by atoms with van der Waals surface area (Å²) in [6.07, 6.45) is 4.02. The summed E-state index contributed by atoms with van der Waals surface area (Å²) in [4.78, 5) is 0. The minimum atomic E-state index is 0.676. The van der Waals surface area contributed by atoms with Gasteiger partial charge in [-0.1, -0.05) is 57.2 Å². The highest BCUT2D eigenvalue weighted by molar-refractivity contribution is 5.64. The second kappa shape index (κ2) is 6.19. The van der Waals surface area contributed by atoms with Crippen molar-refractivity contribution in [1.29, 1.82) is 0 Å². The van der Waals surface area contributed by atoms with Crippen LogP contribution in [0, 0.1) is 11.8 Å². The van der Waals surface area contributed by atoms with Gasteiger partial charge in [-0.15, -0.1) is 0 Å². The van der Waals surface area contributed by atoms with E-state index in [0.29, 0.717) is 6.04 Å². The fraction of sp³-hybridized carbons (Fsp3) is 0.529. The summed E-state index contributed by atoms with van der Waals surface area (Å²) in [5.74, 6) is 1.71. The number of benzene rings is 1. The maximum absolute atomic E-state index is 4.19. The SMILES string of the molecule is C=C(CNC1CCC(CC)C1C)c1ccccc1. The van der Waals surface area contributed by atoms with Crippen molar-refractivity contribution in [1.82, 2.24) is 5.32 Å². The molecule has 0 radical (unpaired) electrons. The van der Waals surface area contributed by atoms with Gasteiger partial charge >= 0.3 is 0 Å². The second-order valence-corrected chi connectivity index (χ2v) is 5.56. The van der Waals surface area contributed by atoms with Crippen LogP contribution in [0.3, 0.4) is 0 Å². The topological polar surface area (TPSA) is 12.0 Å². The Kier molecular flexibility index (Phi) is 4.60. The average molecular weight is 243 g/mol. The summed E-state index contributed by atoms with van der Waals surface area (Å²) in [7, 11) is 0. The molecular formula is C17H25N. The van der Waals surface area contributed by atoms with E-state index >= 15 is 0 Å². The molecule has 0 heterocycles. The Bertz CT molecular complexity index is 382. The molecule has 1 nitrogen and oxygen atoms in total. The molecule has 3 atom stereocenters. The molecular weight excluding hydrogens is 218 g/mol. The van der Waals surface area contributed by atoms with E-state index in [0.717, 1.165) is 18.4 Å². The van der Waals surface area contributed by atoms with Crippen LogP contribution in [0.15, 0.2) is 36.9 Å². The number of nitrogens with one attached hydrogen (secondary N) is 1. The van der Waals surface area contributed by atoms with E-state index < -0.39 is 0 Å². The molecule has 0 aromatic heterocycles. The van der Waals surface area contributed by atoms with Gasteiger partial charge in [0.05, 0.1) is 0 Å². The first-order valence-corrected chi connectivity index (χ1v) is 7.19. The van der Waals surface area contributed by atoms with Gasteiger partial charge in [-0.05, 0) is 35.8 Å². The molecule has 1 saturated carbocycles. The van der Waals surface area contributed by atoms with E-state index in [1.165, 1.54) is 30.4 Å². The maximum atomic E-state index is 4.19. The fourth-order valence-corrected chi connectivity index (χ4v) is 3.14. The molecule has 3 unspecified atom stereocenters. The molecule has 18 heavy (non-hydrogen) atoms. The summed E-state index contributed by atoms with van der Waals surface area (Å²) >= 11 is 0. The summed E-state index contributed by atoms with van der Waals surface area (Å²) in [5.41, 5.74) is 2.45. The molecule has 1 N–H and O–H groups in total. The number of rotatable bonds is 5. The first-order chi connectivity index (χ1) is 8.72. The molecule has 1 heteroatoms. The quantitative estimate of drug-likeness (QED) is 0.820. The fourth-order valence-electron chi connectivity index (χ4n) is 3.14. The molecule has 1 aromatic rings. The van der Waals surface area contributed by atoms with Gasteiger partial charge in [0.2, 0.25) is 0 Å². The molecule has 1 fully saturated rings. The molecule has 1 aromatic carbocycles. The van der Waals surface area contributed by atoms with Crippen LogP contribution < -0.4 is 5.32 Å². The second-order valence-electron chi connectivity index (χ2n) is 5.56. The third-order valence-electron chi connectivity index (χ3n) is 4.51. The van der Waals surface area contributed by atoms with E-state index in [4.69, 9.17) is 0 Å². The summed E-state index contributed by atoms with van der Waals surface area (Å²) in [6.45, 7) is 9.80. The lowest BCUT2D eigenvalue weighted by atomic mass is 9.93. The lowest BCUT2D eigenvalue weighted by Gasteiger charge is -2.21. The highest BCUT2D eigenvalue weighted by Crippen LogP contribution is 2.33. The Balaban J connectivity index is 1.84. The van der Waals surface area contributed by atoms with Crippen LogP contribution in [-0.2, 0) is 0 Å². The van der Waals surface area contributed by atoms with Crippen molar-refractivity contribution in [2.24, 2.45) is 11.8 Å². The van der Waals surface area contributed by atoms with Crippen LogP contribution in [-0.4, -0.2) is 12.6 Å². The van der Waals surface area contributed by atoms with Crippen LogP contribution in [0.5, 0.6) is 0 Å². The van der Waals surface area contributed by atoms with Crippen molar-refractivity contribution >= 4 is 5.57 Å². The Morgan fingerprint density at radius 1 is 1.28 bits per heavy atom. The molecule has 0 aliphatic heterocycles. The predicted molar refractivity (Wildman–Crippen MR) is 79.4 cm³/mol. The van der Waals surface area contributed by atoms with Gasteiger partial charge in [-0.25, -0.2) is 0 Å². The van der Waals surface area contributed by atoms with Gasteiger partial charge in [0, 0.05) is 12.6 Å². The van der Waals surface area contributed by atoms with E-state index in [2.05, 4.69) is 56.1 Å². The van der Waals surface area contributed by atoms with E-state index in [1.54, 1.807) is 0 Å². The molecule has 2 rings (SSSR count). The largest absolute Gasteiger partial charge is 0.310 e. The van der Waals surface area contributed by atoms with Gasteiger partial charge in [0.25, 0.3) is 0 Å². The normalized spacial score (nSPS) is 27.3. The van der Waals surface area contributed by atoms with Crippen molar-refractivity contribution in [2.75, 3.05) is 6.54 Å². The molecule has 0 spiro atoms. The van der Waals surface area contributed by atoms with Crippen molar-refractivity contribution in [3.05, 3.63) is 42.5 Å². The Morgan fingerprint density at radius 2 is 2.00 bits per heavy atom. The van der Waals surface area contributed by atoms with E-state index in [9.17, 15) is 0 Å². The van der Waals surface area contributed by atoms with Crippen LogP contribution in [0.4, 0.5) is 0 Å². The zero-order valence-corrected chi connectivity index (χ0v) is 11.7. The first kappa shape index (κ1) is 13.4. The third-order valence-corrected chi connectivity index (χ3v) is 4.51. The standard InChI is InChI=1S/C17H25N/c1-4-15-10-11-17(14(15)3)18-12-13(2)16-8-6-5-7-9-16/h5-9,14-15,17-18H,2,4,10-12H2,1,3H3. The molecule has 0 bridgehead atoms. The molecule has 1 aliphatic carbocycles. The van der Waals surface area contributed by atoms with E-state index in [-0.39, 0.29) is 0 Å². The Morgan fingerprint density at radius 3 is 2.61 bits per heavy atom. The molecule has 0 saturated heterocycles. The van der Waals surface area contributed by atoms with Gasteiger partial charge in [0.1, 0.15) is 0 Å². The van der Waals surface area contributed by atoms with Crippen LogP contribution in [0.25, 0.3) is 5.57 Å². The minimum Gasteiger partial charge on any atom is -0.310 e. The maximum Gasteiger partial charge on any atom is 0.0208 e. The van der Waals surface area contributed by atoms with Gasteiger partial charge in [-0.3, -0.25) is 0 Å². The van der Waals surface area contributed by atoms with Crippen molar-refractivity contribution in [3.63, 3.8) is 0 Å². The average Bonchev–Trinajstić information content (AvgIpc) is 2.77. The summed E-state index contributed by atoms with van der Waals surface area (Å²) < 4.78 is 0. The highest BCUT2D eigenvalue weighted by atomic mass is 14.9. The minimum absolute atomic E-state index is 0.676. The van der Waals surface area contributed by atoms with Crippen LogP contribution in [0.1, 0.15) is 38.7 Å². The summed E-state index contributed by atoms with van der Waals surface area (Å²) in [5, 5.41) is 3.69. The van der Waals surface area contributed by atoms with Crippen molar-refractivity contribution < 1.29 is 0 Å². The third kappa shape index (κ3) is 3.02. The zero-order valence-electron chi connectivity index (χ0n) is 11.7. The van der Waals surface area contributed by atoms with Crippen LogP contribution >= 0.6 is 0 Å². The lowest BCUT2D eigenvalue weighted by Crippen LogP contribution is -2.33. The molecule has 0 amide bonds. The molecule has 1 aliphatic rings. The van der Waals surface area contributed by atoms with Crippen molar-refractivity contribution in [3.8, 4) is 0 Å². The predicted octanol–water partition coefficient (Wildman–Crippen LogP) is 4.11. The van der Waals surface area contributed by atoms with Gasteiger partial charge < -0.3 is 5.32 Å². The van der Waals surface area contributed by atoms with Gasteiger partial charge in [-0.2, -0.15) is 0 Å². The lowest BCUT2D eigenvalue weighted by molar-refractivity contribution is 0.353. The van der Waals surface area contributed by atoms with Crippen molar-refractivity contribution in [2.45, 2.75) is 39.2 Å². The Labute approximate surface area is 111 Å². The highest BCUT2D eigenvalue weighted by Gasteiger charge is 2.30. The zero-order chi connectivity index (χ0) is 13.0. The summed E-state index contributed by atoms with van der Waals surface area (Å²) in [6, 6.07) is 11.1.